The fraction of sp³-hybridized carbons (Fsp3) is 0.278. The maximum Gasteiger partial charge on any atom is 0.260 e. The highest BCUT2D eigenvalue weighted by Gasteiger charge is 2.09. The highest BCUT2D eigenvalue weighted by Crippen LogP contribution is 2.11. The number of carbonyl (C=O) groups excluding carboxylic acids is 1. The molecule has 0 radical (unpaired) electrons. The van der Waals surface area contributed by atoms with Crippen molar-refractivity contribution in [3.8, 4) is 0 Å². The number of carbonyl (C=O) groups is 1. The molecule has 0 aliphatic heterocycles. The molecule has 2 aromatic carbocycles. The van der Waals surface area contributed by atoms with E-state index in [2.05, 4.69) is 41.7 Å². The molecule has 1 amide bonds. The van der Waals surface area contributed by atoms with Crippen LogP contribution >= 0.6 is 0 Å². The van der Waals surface area contributed by atoms with Gasteiger partial charge in [-0.15, -0.1) is 10.0 Å². The van der Waals surface area contributed by atoms with Crippen LogP contribution in [0.25, 0.3) is 0 Å². The van der Waals surface area contributed by atoms with Gasteiger partial charge in [0.25, 0.3) is 5.91 Å². The Morgan fingerprint density at radius 1 is 0.870 bits per heavy atom. The largest absolute Gasteiger partial charge is 0.271 e. The normalized spacial score (nSPS) is 10.3. The number of rotatable bonds is 8. The lowest BCUT2D eigenvalue weighted by atomic mass is 10.0. The molecule has 2 N–H and O–H groups in total. The lowest BCUT2D eigenvalue weighted by molar-refractivity contribution is -0.131. The average Bonchev–Trinajstić information content (AvgIpc) is 2.61. The lowest BCUT2D eigenvalue weighted by Gasteiger charge is -2.07. The third-order valence-electron chi connectivity index (χ3n) is 3.77. The average molecular weight is 311 g/mol. The van der Waals surface area contributed by atoms with Gasteiger partial charge >= 0.3 is 0 Å². The highest BCUT2D eigenvalue weighted by atomic mass is 16.3. The highest BCUT2D eigenvalue weighted by molar-refractivity contribution is 5.75. The predicted octanol–water partition coefficient (Wildman–Crippen LogP) is 3.18. The summed E-state index contributed by atoms with van der Waals surface area (Å²) in [5.74, 6) is 4.63. The molecule has 0 aliphatic carbocycles. The number of hydrazine groups is 1. The Kier molecular flexibility index (Phi) is 6.44. The maximum absolute atomic E-state index is 11.4. The van der Waals surface area contributed by atoms with Crippen LogP contribution in [0.2, 0.25) is 0 Å². The monoisotopic (exact) mass is 311 g/mol. The van der Waals surface area contributed by atoms with E-state index in [1.165, 1.54) is 11.1 Å². The zero-order chi connectivity index (χ0) is 16.5. The van der Waals surface area contributed by atoms with E-state index < -0.39 is 5.91 Å². The zero-order valence-electron chi connectivity index (χ0n) is 13.0. The van der Waals surface area contributed by atoms with Crippen LogP contribution in [0.1, 0.15) is 29.5 Å². The van der Waals surface area contributed by atoms with Gasteiger partial charge in [0.1, 0.15) is 0 Å². The van der Waals surface area contributed by atoms with E-state index in [1.54, 1.807) is 0 Å². The summed E-state index contributed by atoms with van der Waals surface area (Å²) in [6.07, 6.45) is 3.93. The molecule has 0 spiro atoms. The van der Waals surface area contributed by atoms with E-state index in [4.69, 9.17) is 5.84 Å². The summed E-state index contributed by atoms with van der Waals surface area (Å²) in [5.41, 5.74) is 3.69. The van der Waals surface area contributed by atoms with Gasteiger partial charge in [-0.3, -0.25) is 4.79 Å². The molecule has 0 fully saturated rings. The summed E-state index contributed by atoms with van der Waals surface area (Å²) in [6.45, 7) is 0. The van der Waals surface area contributed by atoms with E-state index in [9.17, 15) is 9.70 Å². The molecule has 5 nitrogen and oxygen atoms in total. The van der Waals surface area contributed by atoms with Crippen molar-refractivity contribution >= 4 is 5.91 Å². The van der Waals surface area contributed by atoms with Crippen molar-refractivity contribution < 1.29 is 4.79 Å². The minimum atomic E-state index is -0.480. The number of benzene rings is 2. The van der Waals surface area contributed by atoms with Crippen LogP contribution in [-0.4, -0.2) is 11.0 Å². The molecule has 0 unspecified atom stereocenters. The van der Waals surface area contributed by atoms with E-state index >= 15 is 0 Å². The predicted molar refractivity (Wildman–Crippen MR) is 90.1 cm³/mol. The molecule has 0 aliphatic rings. The first-order valence-corrected chi connectivity index (χ1v) is 7.71. The second-order valence-electron chi connectivity index (χ2n) is 5.48. The van der Waals surface area contributed by atoms with Crippen molar-refractivity contribution in [2.24, 2.45) is 11.1 Å². The smallest absolute Gasteiger partial charge is 0.260 e. The van der Waals surface area contributed by atoms with Crippen molar-refractivity contribution in [2.75, 3.05) is 0 Å². The topological polar surface area (TPSA) is 75.8 Å². The van der Waals surface area contributed by atoms with Gasteiger partial charge in [0.15, 0.2) is 0 Å². The molecule has 0 saturated carbocycles. The molecule has 2 aromatic rings. The molecule has 0 saturated heterocycles. The number of aryl methyl sites for hydroxylation is 3. The Balaban J connectivity index is 1.76. The van der Waals surface area contributed by atoms with E-state index in [-0.39, 0.29) is 6.42 Å². The Bertz CT molecular complexity index is 626. The van der Waals surface area contributed by atoms with Crippen LogP contribution in [0.5, 0.6) is 0 Å². The molecule has 0 atom stereocenters. The molecular weight excluding hydrogens is 290 g/mol. The number of nitrogens with zero attached hydrogens (tertiary/aromatic N) is 2. The van der Waals surface area contributed by atoms with Crippen LogP contribution in [0.15, 0.2) is 59.9 Å². The third-order valence-corrected chi connectivity index (χ3v) is 3.77. The number of hydrogen-bond acceptors (Lipinski definition) is 4. The van der Waals surface area contributed by atoms with Gasteiger partial charge in [-0.25, -0.2) is 5.84 Å². The summed E-state index contributed by atoms with van der Waals surface area (Å²) >= 11 is 0. The summed E-state index contributed by atoms with van der Waals surface area (Å²) in [7, 11) is 0. The van der Waals surface area contributed by atoms with Crippen molar-refractivity contribution in [2.45, 2.75) is 32.1 Å². The fourth-order valence-corrected chi connectivity index (χ4v) is 2.43. The van der Waals surface area contributed by atoms with Gasteiger partial charge in [0, 0.05) is 6.42 Å². The molecule has 0 bridgehead atoms. The second kappa shape index (κ2) is 8.80. The summed E-state index contributed by atoms with van der Waals surface area (Å²) in [6, 6.07) is 18.7. The summed E-state index contributed by atoms with van der Waals surface area (Å²) in [4.78, 5) is 21.5. The summed E-state index contributed by atoms with van der Waals surface area (Å²) in [5, 5.41) is 2.73. The number of hydrogen-bond donors (Lipinski definition) is 1. The van der Waals surface area contributed by atoms with Crippen molar-refractivity contribution in [1.82, 2.24) is 5.12 Å². The summed E-state index contributed by atoms with van der Waals surface area (Å²) < 4.78 is 0. The van der Waals surface area contributed by atoms with Crippen LogP contribution in [0, 0.1) is 4.91 Å². The van der Waals surface area contributed by atoms with Crippen LogP contribution in [0.4, 0.5) is 0 Å². The first-order valence-electron chi connectivity index (χ1n) is 7.71. The van der Waals surface area contributed by atoms with Crippen molar-refractivity contribution in [3.05, 3.63) is 76.2 Å². The lowest BCUT2D eigenvalue weighted by Crippen LogP contribution is -2.31. The Morgan fingerprint density at radius 2 is 1.39 bits per heavy atom. The van der Waals surface area contributed by atoms with Crippen LogP contribution in [-0.2, 0) is 24.1 Å². The molecular formula is C18H21N3O2. The molecule has 2 rings (SSSR count). The standard InChI is InChI=1S/C18H21N3O2/c19-21(20-23)18(22)14-13-17-11-9-16(10-12-17)8-4-7-15-5-2-1-3-6-15/h1-3,5-6,9-12H,4,7-8,13-14,19H2. The minimum Gasteiger partial charge on any atom is -0.271 e. The van der Waals surface area contributed by atoms with Gasteiger partial charge in [-0.2, -0.15) is 0 Å². The molecule has 0 heterocycles. The van der Waals surface area contributed by atoms with E-state index in [1.807, 2.05) is 18.2 Å². The minimum absolute atomic E-state index is 0.176. The quantitative estimate of drug-likeness (QED) is 0.352. The van der Waals surface area contributed by atoms with Crippen LogP contribution < -0.4 is 5.84 Å². The third kappa shape index (κ3) is 5.64. The van der Waals surface area contributed by atoms with Gasteiger partial charge in [-0.05, 0) is 42.4 Å². The van der Waals surface area contributed by atoms with Gasteiger partial charge in [-0.1, -0.05) is 54.6 Å². The Hall–Kier alpha value is -2.53. The maximum atomic E-state index is 11.4. The van der Waals surface area contributed by atoms with E-state index in [0.717, 1.165) is 24.8 Å². The number of nitroso groups, excluding NO2 is 1. The molecule has 23 heavy (non-hydrogen) atoms. The number of nitrogens with two attached hydrogens (primary N) is 1. The Labute approximate surface area is 136 Å². The van der Waals surface area contributed by atoms with Gasteiger partial charge in [0.2, 0.25) is 0 Å². The van der Waals surface area contributed by atoms with Gasteiger partial charge < -0.3 is 0 Å². The van der Waals surface area contributed by atoms with Crippen molar-refractivity contribution in [3.63, 3.8) is 0 Å². The van der Waals surface area contributed by atoms with Crippen molar-refractivity contribution in [1.29, 1.82) is 0 Å². The second-order valence-corrected chi connectivity index (χ2v) is 5.48. The zero-order valence-corrected chi connectivity index (χ0v) is 13.0. The first-order chi connectivity index (χ1) is 11.2. The van der Waals surface area contributed by atoms with Gasteiger partial charge in [0.05, 0.1) is 5.29 Å². The first kappa shape index (κ1) is 16.8. The molecule has 5 heteroatoms. The SMILES string of the molecule is NN(N=O)C(=O)CCc1ccc(CCCc2ccccc2)cc1. The molecule has 120 valence electrons. The Morgan fingerprint density at radius 3 is 1.96 bits per heavy atom. The van der Waals surface area contributed by atoms with Crippen LogP contribution in [0.3, 0.4) is 0 Å². The molecule has 0 aromatic heterocycles. The number of amides is 1. The van der Waals surface area contributed by atoms with E-state index in [0.29, 0.717) is 11.5 Å². The fourth-order valence-electron chi connectivity index (χ4n) is 2.43.